The van der Waals surface area contributed by atoms with Crippen molar-refractivity contribution in [1.29, 1.82) is 0 Å². The number of hydrogen-bond donors (Lipinski definition) is 2. The number of hydrogen-bond acceptors (Lipinski definition) is 7. The molecule has 0 aromatic rings. The Hall–Kier alpha value is -0.280. The average Bonchev–Trinajstić information content (AvgIpc) is 2.61. The van der Waals surface area contributed by atoms with E-state index in [9.17, 15) is 18.6 Å². The van der Waals surface area contributed by atoms with Crippen LogP contribution in [0.25, 0.3) is 0 Å². The number of sulfone groups is 1. The van der Waals surface area contributed by atoms with E-state index in [4.69, 9.17) is 9.47 Å². The summed E-state index contributed by atoms with van der Waals surface area (Å²) in [5.74, 6) is 0.468. The zero-order valence-electron chi connectivity index (χ0n) is 9.64. The molecule has 18 heavy (non-hydrogen) atoms. The molecule has 0 bridgehead atoms. The van der Waals surface area contributed by atoms with Crippen LogP contribution in [-0.4, -0.2) is 54.2 Å². The number of aliphatic hydroxyl groups excluding tert-OH is 2. The Bertz CT molecular complexity index is 498. The maximum absolute atomic E-state index is 11.8. The number of thioether (sulfide) groups is 1. The molecule has 0 aromatic carbocycles. The Morgan fingerprint density at radius 3 is 2.78 bits per heavy atom. The highest BCUT2D eigenvalue weighted by Gasteiger charge is 2.50. The molecule has 102 valence electrons. The molecule has 3 heterocycles. The van der Waals surface area contributed by atoms with Gasteiger partial charge in [0.1, 0.15) is 27.5 Å². The topological polar surface area (TPSA) is 93.1 Å². The fourth-order valence-corrected chi connectivity index (χ4v) is 5.69. The Balaban J connectivity index is 1.93. The van der Waals surface area contributed by atoms with Crippen molar-refractivity contribution in [3.05, 3.63) is 10.00 Å². The summed E-state index contributed by atoms with van der Waals surface area (Å²) >= 11 is 1.04. The van der Waals surface area contributed by atoms with Crippen molar-refractivity contribution in [3.8, 4) is 0 Å². The van der Waals surface area contributed by atoms with Gasteiger partial charge in [-0.25, -0.2) is 8.42 Å². The molecule has 0 radical (unpaired) electrons. The molecule has 0 aliphatic carbocycles. The number of rotatable bonds is 0. The van der Waals surface area contributed by atoms with Crippen LogP contribution in [0.1, 0.15) is 13.3 Å². The van der Waals surface area contributed by atoms with E-state index in [1.54, 1.807) is 6.92 Å². The predicted octanol–water partition coefficient (Wildman–Crippen LogP) is -0.427. The lowest BCUT2D eigenvalue weighted by Gasteiger charge is -2.43. The molecule has 3 aliphatic heterocycles. The van der Waals surface area contributed by atoms with Crippen LogP contribution in [0.15, 0.2) is 10.00 Å². The van der Waals surface area contributed by atoms with Gasteiger partial charge < -0.3 is 19.7 Å². The molecule has 5 atom stereocenters. The van der Waals surface area contributed by atoms with Gasteiger partial charge in [-0.2, -0.15) is 0 Å². The first-order chi connectivity index (χ1) is 8.40. The molecule has 8 heteroatoms. The largest absolute Gasteiger partial charge is 0.466 e. The maximum atomic E-state index is 11.8. The van der Waals surface area contributed by atoms with E-state index in [1.165, 1.54) is 0 Å². The second-order valence-corrected chi connectivity index (χ2v) is 8.16. The summed E-state index contributed by atoms with van der Waals surface area (Å²) in [4.78, 5) is 0. The van der Waals surface area contributed by atoms with Gasteiger partial charge in [-0.3, -0.25) is 0 Å². The van der Waals surface area contributed by atoms with E-state index < -0.39 is 39.7 Å². The minimum atomic E-state index is -3.28. The summed E-state index contributed by atoms with van der Waals surface area (Å²) in [5.41, 5.74) is 0. The lowest BCUT2D eigenvalue weighted by molar-refractivity contribution is -0.230. The Kier molecular flexibility index (Phi) is 2.91. The number of ether oxygens (including phenoxy) is 2. The van der Waals surface area contributed by atoms with Crippen LogP contribution in [0.5, 0.6) is 0 Å². The van der Waals surface area contributed by atoms with Crippen molar-refractivity contribution in [3.63, 3.8) is 0 Å². The standard InChI is InChI=1S/C10H14O6S2/c1-4-6(11)7(12)8-9(15-4)16-5-2-3-18(13,14)10(5)17-8/h4,6-9,11-12H,2-3H2,1H3. The first-order valence-electron chi connectivity index (χ1n) is 5.71. The predicted molar refractivity (Wildman–Crippen MR) is 64.2 cm³/mol. The van der Waals surface area contributed by atoms with Crippen molar-refractivity contribution < 1.29 is 28.1 Å². The van der Waals surface area contributed by atoms with Crippen LogP contribution in [0.2, 0.25) is 0 Å². The first-order valence-corrected chi connectivity index (χ1v) is 8.24. The molecule has 0 saturated carbocycles. The van der Waals surface area contributed by atoms with Crippen molar-refractivity contribution >= 4 is 21.6 Å². The van der Waals surface area contributed by atoms with Crippen LogP contribution >= 0.6 is 11.8 Å². The van der Waals surface area contributed by atoms with Gasteiger partial charge in [-0.1, -0.05) is 11.8 Å². The van der Waals surface area contributed by atoms with Gasteiger partial charge in [-0.05, 0) is 6.92 Å². The average molecular weight is 294 g/mol. The molecule has 3 rings (SSSR count). The second-order valence-electron chi connectivity index (χ2n) is 4.67. The summed E-state index contributed by atoms with van der Waals surface area (Å²) in [6, 6.07) is 0. The van der Waals surface area contributed by atoms with Gasteiger partial charge in [0.25, 0.3) is 0 Å². The summed E-state index contributed by atoms with van der Waals surface area (Å²) < 4.78 is 34.7. The molecule has 1 fully saturated rings. The fraction of sp³-hybridized carbons (Fsp3) is 0.800. The van der Waals surface area contributed by atoms with Gasteiger partial charge in [0.2, 0.25) is 6.29 Å². The van der Waals surface area contributed by atoms with Gasteiger partial charge in [0.15, 0.2) is 9.84 Å². The molecule has 0 amide bonds. The molecule has 6 nitrogen and oxygen atoms in total. The summed E-state index contributed by atoms with van der Waals surface area (Å²) in [6.07, 6.45) is -2.98. The first kappa shape index (κ1) is 12.7. The third kappa shape index (κ3) is 1.78. The highest BCUT2D eigenvalue weighted by Crippen LogP contribution is 2.47. The van der Waals surface area contributed by atoms with Crippen molar-refractivity contribution in [2.45, 2.75) is 43.2 Å². The van der Waals surface area contributed by atoms with E-state index in [1.807, 2.05) is 0 Å². The molecule has 0 aromatic heterocycles. The van der Waals surface area contributed by atoms with Crippen molar-refractivity contribution in [2.75, 3.05) is 5.75 Å². The van der Waals surface area contributed by atoms with Gasteiger partial charge in [0.05, 0.1) is 11.9 Å². The third-order valence-electron chi connectivity index (χ3n) is 3.39. The molecule has 1 saturated heterocycles. The van der Waals surface area contributed by atoms with Crippen molar-refractivity contribution in [2.24, 2.45) is 0 Å². The normalized spacial score (nSPS) is 46.3. The smallest absolute Gasteiger partial charge is 0.214 e. The lowest BCUT2D eigenvalue weighted by Crippen LogP contribution is -2.56. The minimum Gasteiger partial charge on any atom is -0.466 e. The van der Waals surface area contributed by atoms with Crippen LogP contribution in [-0.2, 0) is 19.3 Å². The SMILES string of the molecule is CC1OC2OC3=C(SC2C(O)C1O)S(=O)(=O)CC3. The van der Waals surface area contributed by atoms with E-state index in [2.05, 4.69) is 0 Å². The molecule has 0 spiro atoms. The van der Waals surface area contributed by atoms with E-state index >= 15 is 0 Å². The van der Waals surface area contributed by atoms with Crippen LogP contribution in [0.4, 0.5) is 0 Å². The molecular formula is C10H14O6S2. The zero-order chi connectivity index (χ0) is 13.1. The quantitative estimate of drug-likeness (QED) is 0.626. The van der Waals surface area contributed by atoms with E-state index in [0.29, 0.717) is 12.2 Å². The molecule has 3 aliphatic rings. The Morgan fingerprint density at radius 1 is 1.33 bits per heavy atom. The van der Waals surface area contributed by atoms with E-state index in [-0.39, 0.29) is 9.99 Å². The second kappa shape index (κ2) is 4.11. The summed E-state index contributed by atoms with van der Waals surface area (Å²) in [7, 11) is -3.28. The van der Waals surface area contributed by atoms with Gasteiger partial charge in [-0.15, -0.1) is 0 Å². The monoisotopic (exact) mass is 294 g/mol. The molecular weight excluding hydrogens is 280 g/mol. The fourth-order valence-electron chi connectivity index (χ4n) is 2.33. The third-order valence-corrected chi connectivity index (χ3v) is 7.19. The highest BCUT2D eigenvalue weighted by atomic mass is 32.3. The lowest BCUT2D eigenvalue weighted by atomic mass is 10.0. The van der Waals surface area contributed by atoms with Gasteiger partial charge in [0, 0.05) is 6.42 Å². The van der Waals surface area contributed by atoms with Crippen LogP contribution in [0, 0.1) is 0 Å². The minimum absolute atomic E-state index is 0.0400. The number of fused-ring (bicyclic) bond motifs is 1. The molecule has 5 unspecified atom stereocenters. The summed E-state index contributed by atoms with van der Waals surface area (Å²) in [6.45, 7) is 1.65. The van der Waals surface area contributed by atoms with Gasteiger partial charge >= 0.3 is 0 Å². The van der Waals surface area contributed by atoms with E-state index in [0.717, 1.165) is 11.8 Å². The van der Waals surface area contributed by atoms with Crippen LogP contribution in [0.3, 0.4) is 0 Å². The summed E-state index contributed by atoms with van der Waals surface area (Å²) in [5, 5.41) is 19.1. The number of allylic oxidation sites excluding steroid dienone is 1. The highest BCUT2D eigenvalue weighted by molar-refractivity contribution is 8.19. The maximum Gasteiger partial charge on any atom is 0.214 e. The number of aliphatic hydroxyl groups is 2. The Labute approximate surface area is 109 Å². The van der Waals surface area contributed by atoms with Crippen molar-refractivity contribution in [1.82, 2.24) is 0 Å². The van der Waals surface area contributed by atoms with Crippen LogP contribution < -0.4 is 0 Å². The molecule has 2 N–H and O–H groups in total. The Morgan fingerprint density at radius 2 is 2.06 bits per heavy atom. The zero-order valence-corrected chi connectivity index (χ0v) is 11.3.